The number of hydrogen-bond acceptors (Lipinski definition) is 5. The lowest BCUT2D eigenvalue weighted by molar-refractivity contribution is 0.188. The summed E-state index contributed by atoms with van der Waals surface area (Å²) in [6.45, 7) is 5.89. The van der Waals surface area contributed by atoms with E-state index in [1.165, 1.54) is 0 Å². The fraction of sp³-hybridized carbons (Fsp3) is 0.450. The third-order valence-electron chi connectivity index (χ3n) is 4.37. The summed E-state index contributed by atoms with van der Waals surface area (Å²) in [5, 5.41) is 10.9. The van der Waals surface area contributed by atoms with Crippen molar-refractivity contribution in [2.75, 3.05) is 25.0 Å². The van der Waals surface area contributed by atoms with Crippen molar-refractivity contribution in [1.29, 1.82) is 0 Å². The first-order valence-corrected chi connectivity index (χ1v) is 9.40. The molecule has 0 bridgehead atoms. The van der Waals surface area contributed by atoms with Crippen LogP contribution in [0.3, 0.4) is 0 Å². The number of amides is 2. The monoisotopic (exact) mass is 370 g/mol. The Bertz CT molecular complexity index is 734. The van der Waals surface area contributed by atoms with E-state index in [2.05, 4.69) is 22.4 Å². The largest absolute Gasteiger partial charge is 0.494 e. The van der Waals surface area contributed by atoms with Crippen LogP contribution in [0.4, 0.5) is 10.5 Å². The summed E-state index contributed by atoms with van der Waals surface area (Å²) < 4.78 is 11.4. The molecule has 144 valence electrons. The summed E-state index contributed by atoms with van der Waals surface area (Å²) in [5.41, 5.74) is 1.59. The molecule has 0 spiro atoms. The molecule has 0 aliphatic carbocycles. The molecule has 2 aromatic rings. The molecular formula is C20H26N4O3. The van der Waals surface area contributed by atoms with Gasteiger partial charge in [0.1, 0.15) is 11.9 Å². The summed E-state index contributed by atoms with van der Waals surface area (Å²) in [6.07, 6.45) is 2.84. The van der Waals surface area contributed by atoms with Gasteiger partial charge in [-0.05, 0) is 43.7 Å². The number of urea groups is 1. The number of aromatic nitrogens is 2. The molecule has 0 saturated carbocycles. The molecule has 1 unspecified atom stereocenters. The first kappa shape index (κ1) is 18.9. The van der Waals surface area contributed by atoms with E-state index < -0.39 is 0 Å². The van der Waals surface area contributed by atoms with Crippen LogP contribution in [0.1, 0.15) is 31.9 Å². The fourth-order valence-electron chi connectivity index (χ4n) is 2.80. The maximum absolute atomic E-state index is 12.5. The Morgan fingerprint density at radius 2 is 2.04 bits per heavy atom. The number of ether oxygens (including phenoxy) is 2. The van der Waals surface area contributed by atoms with Gasteiger partial charge in [-0.3, -0.25) is 0 Å². The number of rotatable bonds is 7. The molecule has 2 heterocycles. The minimum atomic E-state index is -0.129. The second-order valence-corrected chi connectivity index (χ2v) is 6.64. The predicted octanol–water partition coefficient (Wildman–Crippen LogP) is 3.65. The van der Waals surface area contributed by atoms with Gasteiger partial charge in [0.05, 0.1) is 18.8 Å². The molecule has 2 amide bonds. The maximum atomic E-state index is 12.5. The molecule has 1 fully saturated rings. The summed E-state index contributed by atoms with van der Waals surface area (Å²) in [6, 6.07) is 11.0. The minimum Gasteiger partial charge on any atom is -0.494 e. The maximum Gasteiger partial charge on any atom is 0.321 e. The van der Waals surface area contributed by atoms with E-state index in [0.29, 0.717) is 25.6 Å². The Morgan fingerprint density at radius 3 is 2.74 bits per heavy atom. The quantitative estimate of drug-likeness (QED) is 0.753. The van der Waals surface area contributed by atoms with E-state index in [9.17, 15) is 4.79 Å². The van der Waals surface area contributed by atoms with Crippen LogP contribution in [0.5, 0.6) is 11.6 Å². The molecule has 7 nitrogen and oxygen atoms in total. The highest BCUT2D eigenvalue weighted by atomic mass is 16.5. The Kier molecular flexibility index (Phi) is 6.46. The van der Waals surface area contributed by atoms with E-state index in [1.54, 1.807) is 11.0 Å². The smallest absolute Gasteiger partial charge is 0.321 e. The zero-order valence-corrected chi connectivity index (χ0v) is 15.9. The minimum absolute atomic E-state index is 0.0675. The van der Waals surface area contributed by atoms with Gasteiger partial charge in [0, 0.05) is 24.7 Å². The number of benzene rings is 1. The Morgan fingerprint density at radius 1 is 1.22 bits per heavy atom. The molecule has 1 aromatic carbocycles. The van der Waals surface area contributed by atoms with Crippen molar-refractivity contribution >= 4 is 11.7 Å². The van der Waals surface area contributed by atoms with Gasteiger partial charge in [-0.15, -0.1) is 5.10 Å². The van der Waals surface area contributed by atoms with Crippen molar-refractivity contribution in [3.63, 3.8) is 0 Å². The SMILES string of the molecule is CCCCOc1ccc(NC(=O)N2CCC(Oc3ccc(C)nn3)C2)cc1. The molecular weight excluding hydrogens is 344 g/mol. The number of nitrogens with zero attached hydrogens (tertiary/aromatic N) is 3. The number of likely N-dealkylation sites (tertiary alicyclic amines) is 1. The number of hydrogen-bond donors (Lipinski definition) is 1. The van der Waals surface area contributed by atoms with Gasteiger partial charge in [0.15, 0.2) is 0 Å². The van der Waals surface area contributed by atoms with E-state index in [-0.39, 0.29) is 12.1 Å². The number of carbonyl (C=O) groups excluding carboxylic acids is 1. The molecule has 1 saturated heterocycles. The van der Waals surface area contributed by atoms with Crippen LogP contribution in [0.2, 0.25) is 0 Å². The summed E-state index contributed by atoms with van der Waals surface area (Å²) in [4.78, 5) is 14.2. The van der Waals surface area contributed by atoms with E-state index in [0.717, 1.165) is 36.4 Å². The standard InChI is InChI=1S/C20H26N4O3/c1-3-4-13-26-17-8-6-16(7-9-17)21-20(25)24-12-11-18(14-24)27-19-10-5-15(2)22-23-19/h5-10,18H,3-4,11-14H2,1-2H3,(H,21,25). The Balaban J connectivity index is 1.46. The zero-order chi connectivity index (χ0) is 19.1. The van der Waals surface area contributed by atoms with Gasteiger partial charge in [-0.25, -0.2) is 4.79 Å². The first-order chi connectivity index (χ1) is 13.1. The highest BCUT2D eigenvalue weighted by molar-refractivity contribution is 5.89. The van der Waals surface area contributed by atoms with Crippen molar-refractivity contribution in [2.45, 2.75) is 39.2 Å². The molecule has 0 radical (unpaired) electrons. The Labute approximate surface area is 159 Å². The molecule has 27 heavy (non-hydrogen) atoms. The van der Waals surface area contributed by atoms with Crippen LogP contribution in [0.15, 0.2) is 36.4 Å². The highest BCUT2D eigenvalue weighted by Crippen LogP contribution is 2.19. The van der Waals surface area contributed by atoms with Crippen molar-refractivity contribution in [3.8, 4) is 11.6 Å². The number of unbranched alkanes of at least 4 members (excludes halogenated alkanes) is 1. The molecule has 7 heteroatoms. The van der Waals surface area contributed by atoms with Crippen LogP contribution in [0.25, 0.3) is 0 Å². The van der Waals surface area contributed by atoms with Gasteiger partial charge in [-0.2, -0.15) is 5.10 Å². The average molecular weight is 370 g/mol. The highest BCUT2D eigenvalue weighted by Gasteiger charge is 2.28. The third kappa shape index (κ3) is 5.57. The summed E-state index contributed by atoms with van der Waals surface area (Å²) >= 11 is 0. The van der Waals surface area contributed by atoms with E-state index in [4.69, 9.17) is 9.47 Å². The topological polar surface area (TPSA) is 76.6 Å². The zero-order valence-electron chi connectivity index (χ0n) is 15.9. The second kappa shape index (κ2) is 9.21. The molecule has 1 aliphatic rings. The lowest BCUT2D eigenvalue weighted by Gasteiger charge is -2.18. The molecule has 1 atom stereocenters. The molecule has 1 aromatic heterocycles. The first-order valence-electron chi connectivity index (χ1n) is 9.40. The third-order valence-corrected chi connectivity index (χ3v) is 4.37. The van der Waals surface area contributed by atoms with Crippen molar-refractivity contribution in [3.05, 3.63) is 42.1 Å². The summed E-state index contributed by atoms with van der Waals surface area (Å²) in [7, 11) is 0. The van der Waals surface area contributed by atoms with E-state index in [1.807, 2.05) is 37.3 Å². The number of carbonyl (C=O) groups is 1. The molecule has 1 aliphatic heterocycles. The summed E-state index contributed by atoms with van der Waals surface area (Å²) in [5.74, 6) is 1.31. The van der Waals surface area contributed by atoms with Crippen LogP contribution in [-0.4, -0.2) is 46.9 Å². The van der Waals surface area contributed by atoms with Crippen molar-refractivity contribution in [2.24, 2.45) is 0 Å². The lowest BCUT2D eigenvalue weighted by atomic mass is 10.3. The van der Waals surface area contributed by atoms with Gasteiger partial charge >= 0.3 is 6.03 Å². The number of anilines is 1. The Hall–Kier alpha value is -2.83. The second-order valence-electron chi connectivity index (χ2n) is 6.64. The number of nitrogens with one attached hydrogen (secondary N) is 1. The van der Waals surface area contributed by atoms with Crippen molar-refractivity contribution < 1.29 is 14.3 Å². The number of aryl methyl sites for hydroxylation is 1. The van der Waals surface area contributed by atoms with Gasteiger partial charge in [0.2, 0.25) is 5.88 Å². The van der Waals surface area contributed by atoms with E-state index >= 15 is 0 Å². The van der Waals surface area contributed by atoms with Gasteiger partial charge < -0.3 is 19.7 Å². The molecule has 3 rings (SSSR count). The van der Waals surface area contributed by atoms with Crippen LogP contribution < -0.4 is 14.8 Å². The van der Waals surface area contributed by atoms with Crippen LogP contribution >= 0.6 is 0 Å². The molecule has 1 N–H and O–H groups in total. The fourth-order valence-corrected chi connectivity index (χ4v) is 2.80. The predicted molar refractivity (Wildman–Crippen MR) is 103 cm³/mol. The normalized spacial score (nSPS) is 16.2. The lowest BCUT2D eigenvalue weighted by Crippen LogP contribution is -2.34. The van der Waals surface area contributed by atoms with Crippen molar-refractivity contribution in [1.82, 2.24) is 15.1 Å². The van der Waals surface area contributed by atoms with Crippen LogP contribution in [-0.2, 0) is 0 Å². The van der Waals surface area contributed by atoms with Crippen LogP contribution in [0, 0.1) is 6.92 Å². The average Bonchev–Trinajstić information content (AvgIpc) is 3.14. The van der Waals surface area contributed by atoms with Gasteiger partial charge in [0.25, 0.3) is 0 Å². The van der Waals surface area contributed by atoms with Gasteiger partial charge in [-0.1, -0.05) is 13.3 Å².